The number of benzene rings is 1. The molecule has 8 nitrogen and oxygen atoms in total. The van der Waals surface area contributed by atoms with Crippen LogP contribution in [0.3, 0.4) is 0 Å². The van der Waals surface area contributed by atoms with Crippen LogP contribution in [0.25, 0.3) is 6.08 Å². The minimum Gasteiger partial charge on any atom is -0.365 e. The molecule has 1 aromatic heterocycles. The van der Waals surface area contributed by atoms with E-state index in [1.807, 2.05) is 0 Å². The van der Waals surface area contributed by atoms with Crippen LogP contribution in [0.1, 0.15) is 51.3 Å². The Morgan fingerprint density at radius 2 is 2.03 bits per heavy atom. The van der Waals surface area contributed by atoms with Gasteiger partial charge in [-0.3, -0.25) is 14.7 Å². The molecule has 2 atom stereocenters. The summed E-state index contributed by atoms with van der Waals surface area (Å²) < 4.78 is 5.41. The summed E-state index contributed by atoms with van der Waals surface area (Å²) in [5.74, 6) is 0.342. The average molecular weight is 468 g/mol. The fourth-order valence-electron chi connectivity index (χ4n) is 3.75. The highest BCUT2D eigenvalue weighted by Crippen LogP contribution is 2.12. The van der Waals surface area contributed by atoms with Crippen LogP contribution in [0.15, 0.2) is 48.8 Å². The lowest BCUT2D eigenvalue weighted by atomic mass is 10.1. The molecule has 2 N–H and O–H groups in total. The molecule has 2 aromatic rings. The number of anilines is 1. The summed E-state index contributed by atoms with van der Waals surface area (Å²) in [5, 5.41) is 3.42. The largest absolute Gasteiger partial charge is 0.365 e. The summed E-state index contributed by atoms with van der Waals surface area (Å²) in [5.41, 5.74) is 4.34. The van der Waals surface area contributed by atoms with E-state index in [1.54, 1.807) is 18.5 Å². The Balaban J connectivity index is 1.42. The molecule has 2 heterocycles. The molecule has 8 heteroatoms. The van der Waals surface area contributed by atoms with Crippen LogP contribution < -0.4 is 10.8 Å². The number of hydrogen-bond acceptors (Lipinski definition) is 7. The first-order valence-corrected chi connectivity index (χ1v) is 12.1. The third-order valence-corrected chi connectivity index (χ3v) is 5.67. The van der Waals surface area contributed by atoms with Crippen LogP contribution in [-0.4, -0.2) is 58.8 Å². The van der Waals surface area contributed by atoms with Crippen LogP contribution >= 0.6 is 0 Å². The standard InChI is InChI=1S/C26H37N5O3/c1-20(2)31(15-14-22-9-5-4-6-10-22)19-21(3)29-24-18-27-23(17-28-24)12-13-25(32)30-34-26-11-7-8-16-33-26/h4-6,9-10,12-13,17-18,20-21,26H,7-8,11,14-16,19H2,1-3H3,(H,28,29)(H,30,32)/t21-,26?/m1/s1. The van der Waals surface area contributed by atoms with Gasteiger partial charge in [-0.2, -0.15) is 0 Å². The predicted octanol–water partition coefficient (Wildman–Crippen LogP) is 3.82. The number of rotatable bonds is 12. The first-order valence-electron chi connectivity index (χ1n) is 12.1. The molecular weight excluding hydrogens is 430 g/mol. The maximum atomic E-state index is 11.9. The van der Waals surface area contributed by atoms with Crippen LogP contribution in [0.2, 0.25) is 0 Å². The molecule has 184 valence electrons. The molecule has 0 saturated carbocycles. The zero-order chi connectivity index (χ0) is 24.2. The molecule has 1 amide bonds. The molecule has 1 aliphatic rings. The summed E-state index contributed by atoms with van der Waals surface area (Å²) in [6.45, 7) is 9.16. The highest BCUT2D eigenvalue weighted by atomic mass is 16.8. The highest BCUT2D eigenvalue weighted by molar-refractivity contribution is 5.90. The summed E-state index contributed by atoms with van der Waals surface area (Å²) in [7, 11) is 0. The number of ether oxygens (including phenoxy) is 1. The van der Waals surface area contributed by atoms with E-state index in [9.17, 15) is 4.79 Å². The Morgan fingerprint density at radius 3 is 2.71 bits per heavy atom. The molecule has 0 bridgehead atoms. The number of carbonyl (C=O) groups excluding carboxylic acids is 1. The van der Waals surface area contributed by atoms with E-state index < -0.39 is 0 Å². The van der Waals surface area contributed by atoms with E-state index >= 15 is 0 Å². The lowest BCUT2D eigenvalue weighted by Crippen LogP contribution is -2.40. The summed E-state index contributed by atoms with van der Waals surface area (Å²) in [6.07, 6.45) is 9.80. The average Bonchev–Trinajstić information content (AvgIpc) is 2.86. The van der Waals surface area contributed by atoms with Gasteiger partial charge in [0.2, 0.25) is 0 Å². The van der Waals surface area contributed by atoms with Gasteiger partial charge in [0.05, 0.1) is 18.1 Å². The number of hydroxylamine groups is 1. The van der Waals surface area contributed by atoms with Gasteiger partial charge in [0.15, 0.2) is 6.29 Å². The van der Waals surface area contributed by atoms with Crippen molar-refractivity contribution in [1.82, 2.24) is 20.3 Å². The van der Waals surface area contributed by atoms with E-state index in [4.69, 9.17) is 9.57 Å². The molecule has 0 spiro atoms. The number of amides is 1. The first-order chi connectivity index (χ1) is 16.5. The molecule has 1 unspecified atom stereocenters. The second kappa shape index (κ2) is 13.8. The lowest BCUT2D eigenvalue weighted by Gasteiger charge is -2.30. The van der Waals surface area contributed by atoms with E-state index in [-0.39, 0.29) is 18.2 Å². The molecular formula is C26H37N5O3. The van der Waals surface area contributed by atoms with E-state index in [2.05, 4.69) is 76.8 Å². The van der Waals surface area contributed by atoms with Crippen molar-refractivity contribution < 1.29 is 14.4 Å². The van der Waals surface area contributed by atoms with Crippen molar-refractivity contribution in [3.05, 3.63) is 60.1 Å². The SMILES string of the molecule is CC(C)N(CCc1ccccc1)C[C@@H](C)Nc1cnc(C=CC(=O)NOC2CCCCO2)cn1. The predicted molar refractivity (Wildman–Crippen MR) is 134 cm³/mol. The normalized spacial score (nSPS) is 17.3. The quantitative estimate of drug-likeness (QED) is 0.362. The van der Waals surface area contributed by atoms with Gasteiger partial charge in [0.1, 0.15) is 5.82 Å². The van der Waals surface area contributed by atoms with Crippen molar-refractivity contribution >= 4 is 17.8 Å². The van der Waals surface area contributed by atoms with E-state index in [1.165, 1.54) is 11.6 Å². The van der Waals surface area contributed by atoms with E-state index in [0.29, 0.717) is 24.2 Å². The molecule has 34 heavy (non-hydrogen) atoms. The van der Waals surface area contributed by atoms with Gasteiger partial charge in [-0.05, 0) is 51.7 Å². The van der Waals surface area contributed by atoms with Gasteiger partial charge in [0, 0.05) is 44.3 Å². The van der Waals surface area contributed by atoms with Crippen molar-refractivity contribution in [1.29, 1.82) is 0 Å². The van der Waals surface area contributed by atoms with Crippen molar-refractivity contribution in [2.24, 2.45) is 0 Å². The van der Waals surface area contributed by atoms with Crippen molar-refractivity contribution in [3.8, 4) is 0 Å². The van der Waals surface area contributed by atoms with Gasteiger partial charge in [-0.15, -0.1) is 0 Å². The Hall–Kier alpha value is -2.81. The summed E-state index contributed by atoms with van der Waals surface area (Å²) >= 11 is 0. The zero-order valence-corrected chi connectivity index (χ0v) is 20.4. The highest BCUT2D eigenvalue weighted by Gasteiger charge is 2.15. The zero-order valence-electron chi connectivity index (χ0n) is 20.4. The van der Waals surface area contributed by atoms with Crippen molar-refractivity contribution in [2.75, 3.05) is 25.0 Å². The van der Waals surface area contributed by atoms with Gasteiger partial charge >= 0.3 is 0 Å². The minimum atomic E-state index is -0.372. The topological polar surface area (TPSA) is 88.6 Å². The third-order valence-electron chi connectivity index (χ3n) is 5.67. The Labute approximate surface area is 202 Å². The Bertz CT molecular complexity index is 883. The van der Waals surface area contributed by atoms with Crippen molar-refractivity contribution in [2.45, 2.75) is 64.8 Å². The van der Waals surface area contributed by atoms with E-state index in [0.717, 1.165) is 38.8 Å². The van der Waals surface area contributed by atoms with Gasteiger partial charge in [-0.25, -0.2) is 15.3 Å². The molecule has 1 aromatic carbocycles. The number of hydrogen-bond donors (Lipinski definition) is 2. The van der Waals surface area contributed by atoms with Gasteiger partial charge in [0.25, 0.3) is 5.91 Å². The smallest absolute Gasteiger partial charge is 0.267 e. The fourth-order valence-corrected chi connectivity index (χ4v) is 3.75. The van der Waals surface area contributed by atoms with Crippen molar-refractivity contribution in [3.63, 3.8) is 0 Å². The van der Waals surface area contributed by atoms with Crippen LogP contribution in [-0.2, 0) is 20.8 Å². The number of carbonyl (C=O) groups is 1. The number of nitrogens with one attached hydrogen (secondary N) is 2. The fraction of sp³-hybridized carbons (Fsp3) is 0.500. The second-order valence-corrected chi connectivity index (χ2v) is 8.91. The van der Waals surface area contributed by atoms with Crippen LogP contribution in [0.4, 0.5) is 5.82 Å². The van der Waals surface area contributed by atoms with Crippen LogP contribution in [0, 0.1) is 0 Å². The first kappa shape index (κ1) is 25.8. The third kappa shape index (κ3) is 9.21. The maximum absolute atomic E-state index is 11.9. The Kier molecular flexibility index (Phi) is 10.5. The molecule has 0 aliphatic carbocycles. The summed E-state index contributed by atoms with van der Waals surface area (Å²) in [6, 6.07) is 11.2. The maximum Gasteiger partial charge on any atom is 0.267 e. The number of aromatic nitrogens is 2. The molecule has 1 aliphatic heterocycles. The van der Waals surface area contributed by atoms with Gasteiger partial charge in [-0.1, -0.05) is 30.3 Å². The van der Waals surface area contributed by atoms with Gasteiger partial charge < -0.3 is 10.1 Å². The monoisotopic (exact) mass is 467 g/mol. The second-order valence-electron chi connectivity index (χ2n) is 8.91. The van der Waals surface area contributed by atoms with Crippen LogP contribution in [0.5, 0.6) is 0 Å². The molecule has 1 fully saturated rings. The molecule has 0 radical (unpaired) electrons. The minimum absolute atomic E-state index is 0.207. The molecule has 1 saturated heterocycles. The number of nitrogens with zero attached hydrogens (tertiary/aromatic N) is 3. The summed E-state index contributed by atoms with van der Waals surface area (Å²) in [4.78, 5) is 28.5. The molecule has 3 rings (SSSR count). The Morgan fingerprint density at radius 1 is 1.21 bits per heavy atom. The lowest BCUT2D eigenvalue weighted by molar-refractivity contribution is -0.198.